The minimum Gasteiger partial charge on any atom is -0.487 e. The fourth-order valence-electron chi connectivity index (χ4n) is 3.41. The topological polar surface area (TPSA) is 104 Å². The van der Waals surface area contributed by atoms with Gasteiger partial charge in [-0.1, -0.05) is 24.3 Å². The maximum Gasteiger partial charge on any atom is 0.161 e. The molecule has 1 unspecified atom stereocenters. The van der Waals surface area contributed by atoms with Crippen LogP contribution in [0.1, 0.15) is 44.9 Å². The molecule has 0 fully saturated rings. The molecule has 6 N–H and O–H groups in total. The molecular formula is C27H35N5O2. The fraction of sp³-hybridized carbons (Fsp3) is 0.296. The second-order valence-electron chi connectivity index (χ2n) is 8.60. The fourth-order valence-corrected chi connectivity index (χ4v) is 3.41. The highest BCUT2D eigenvalue weighted by molar-refractivity contribution is 5.95. The second-order valence-corrected chi connectivity index (χ2v) is 8.60. The van der Waals surface area contributed by atoms with E-state index in [0.29, 0.717) is 12.1 Å². The Morgan fingerprint density at radius 1 is 0.824 bits per heavy atom. The number of nitrogens with two attached hydrogens (primary N) is 1. The molecule has 3 aromatic carbocycles. The van der Waals surface area contributed by atoms with E-state index >= 15 is 0 Å². The molecule has 0 aliphatic carbocycles. The Balaban J connectivity index is 1.85. The lowest BCUT2D eigenvalue weighted by Gasteiger charge is -2.24. The summed E-state index contributed by atoms with van der Waals surface area (Å²) in [5.74, 6) is 1.50. The summed E-state index contributed by atoms with van der Waals surface area (Å²) in [6, 6.07) is 23.5. The van der Waals surface area contributed by atoms with Gasteiger partial charge in [-0.15, -0.1) is 0 Å². The van der Waals surface area contributed by atoms with Crippen LogP contribution in [-0.2, 0) is 0 Å². The highest BCUT2D eigenvalue weighted by Crippen LogP contribution is 2.33. The summed E-state index contributed by atoms with van der Waals surface area (Å²) in [6.07, 6.45) is 0.0685. The number of hydrazine groups is 1. The van der Waals surface area contributed by atoms with E-state index in [2.05, 4.69) is 22.2 Å². The first-order chi connectivity index (χ1) is 16.3. The molecule has 0 aliphatic heterocycles. The Morgan fingerprint density at radius 3 is 2.09 bits per heavy atom. The van der Waals surface area contributed by atoms with Crippen LogP contribution in [0, 0.1) is 5.41 Å². The zero-order valence-electron chi connectivity index (χ0n) is 20.3. The number of nitrogen functional groups attached to an aromatic ring is 1. The van der Waals surface area contributed by atoms with E-state index < -0.39 is 0 Å². The number of hydrogen-bond donors (Lipinski definition) is 5. The number of anilines is 2. The van der Waals surface area contributed by atoms with Crippen molar-refractivity contribution in [3.8, 4) is 11.5 Å². The van der Waals surface area contributed by atoms with Gasteiger partial charge in [-0.2, -0.15) is 0 Å². The van der Waals surface area contributed by atoms with E-state index in [0.717, 1.165) is 28.4 Å². The quantitative estimate of drug-likeness (QED) is 0.142. The van der Waals surface area contributed by atoms with Gasteiger partial charge in [0, 0.05) is 23.5 Å². The highest BCUT2D eigenvalue weighted by atomic mass is 16.5. The Labute approximate surface area is 202 Å². The Hall–Kier alpha value is -3.71. The summed E-state index contributed by atoms with van der Waals surface area (Å²) in [5.41, 5.74) is 15.8. The van der Waals surface area contributed by atoms with Crippen molar-refractivity contribution in [2.24, 2.45) is 5.73 Å². The van der Waals surface area contributed by atoms with E-state index in [1.54, 1.807) is 0 Å². The van der Waals surface area contributed by atoms with Gasteiger partial charge in [0.2, 0.25) is 0 Å². The first-order valence-electron chi connectivity index (χ1n) is 11.5. The van der Waals surface area contributed by atoms with Crippen molar-refractivity contribution < 1.29 is 9.47 Å². The second kappa shape index (κ2) is 12.0. The maximum atomic E-state index is 7.62. The van der Waals surface area contributed by atoms with Crippen LogP contribution < -0.4 is 31.4 Å². The van der Waals surface area contributed by atoms with Gasteiger partial charge in [0.1, 0.15) is 5.84 Å². The first kappa shape index (κ1) is 24.9. The largest absolute Gasteiger partial charge is 0.487 e. The summed E-state index contributed by atoms with van der Waals surface area (Å²) in [6.45, 7) is 8.60. The van der Waals surface area contributed by atoms with Crippen LogP contribution in [0.5, 0.6) is 11.5 Å². The van der Waals surface area contributed by atoms with Crippen molar-refractivity contribution in [3.05, 3.63) is 83.9 Å². The van der Waals surface area contributed by atoms with Crippen LogP contribution in [0.4, 0.5) is 11.4 Å². The van der Waals surface area contributed by atoms with Crippen molar-refractivity contribution in [3.63, 3.8) is 0 Å². The van der Waals surface area contributed by atoms with Crippen molar-refractivity contribution in [2.75, 3.05) is 17.3 Å². The molecule has 7 heteroatoms. The average Bonchev–Trinajstić information content (AvgIpc) is 2.80. The number of benzene rings is 3. The molecule has 0 amide bonds. The predicted molar refractivity (Wildman–Crippen MR) is 140 cm³/mol. The minimum atomic E-state index is -0.0815. The van der Waals surface area contributed by atoms with Gasteiger partial charge < -0.3 is 25.9 Å². The van der Waals surface area contributed by atoms with Crippen LogP contribution in [0.3, 0.4) is 0 Å². The van der Waals surface area contributed by atoms with Gasteiger partial charge in [0.25, 0.3) is 0 Å². The van der Waals surface area contributed by atoms with Crippen LogP contribution in [0.2, 0.25) is 0 Å². The summed E-state index contributed by atoms with van der Waals surface area (Å²) < 4.78 is 12.0. The first-order valence-corrected chi connectivity index (χ1v) is 11.5. The van der Waals surface area contributed by atoms with E-state index in [-0.39, 0.29) is 24.1 Å². The molecule has 0 spiro atoms. The normalized spacial score (nSPS) is 11.8. The lowest BCUT2D eigenvalue weighted by molar-refractivity contribution is 0.198. The molecule has 7 nitrogen and oxygen atoms in total. The molecule has 34 heavy (non-hydrogen) atoms. The van der Waals surface area contributed by atoms with Gasteiger partial charge in [0.15, 0.2) is 11.5 Å². The van der Waals surface area contributed by atoms with Crippen LogP contribution in [0.15, 0.2) is 72.8 Å². The third kappa shape index (κ3) is 7.42. The maximum absolute atomic E-state index is 7.62. The molecule has 1 atom stereocenters. The van der Waals surface area contributed by atoms with Gasteiger partial charge >= 0.3 is 0 Å². The third-order valence-corrected chi connectivity index (χ3v) is 4.94. The summed E-state index contributed by atoms with van der Waals surface area (Å²) >= 11 is 0. The lowest BCUT2D eigenvalue weighted by atomic mass is 10.0. The van der Waals surface area contributed by atoms with E-state index in [1.165, 1.54) is 0 Å². The molecule has 0 radical (unpaired) electrons. The lowest BCUT2D eigenvalue weighted by Crippen LogP contribution is -2.30. The standard InChI is InChI=1S/C27H35N5O2/c1-18(2)33-25-15-12-21(16-26(25)34-19(3)4)24(17-30-32-23-8-6-5-7-9-23)31-22-13-10-20(11-14-22)27(28)29/h5-16,18-19,24,30-32H,17H2,1-4H3,(H3,28,29). The molecule has 3 aromatic rings. The molecule has 0 bridgehead atoms. The molecule has 3 rings (SSSR count). The summed E-state index contributed by atoms with van der Waals surface area (Å²) in [4.78, 5) is 0. The van der Waals surface area contributed by atoms with Gasteiger partial charge in [-0.05, 0) is 81.8 Å². The molecule has 0 heterocycles. The molecule has 0 saturated carbocycles. The Morgan fingerprint density at radius 2 is 1.47 bits per heavy atom. The van der Waals surface area contributed by atoms with E-state index in [9.17, 15) is 0 Å². The smallest absolute Gasteiger partial charge is 0.161 e. The number of hydrogen-bond acceptors (Lipinski definition) is 6. The van der Waals surface area contributed by atoms with Crippen molar-refractivity contribution in [2.45, 2.75) is 45.9 Å². The van der Waals surface area contributed by atoms with Gasteiger partial charge in [0.05, 0.1) is 18.2 Å². The van der Waals surface area contributed by atoms with Crippen molar-refractivity contribution in [1.82, 2.24) is 5.43 Å². The third-order valence-electron chi connectivity index (χ3n) is 4.94. The van der Waals surface area contributed by atoms with Crippen molar-refractivity contribution >= 4 is 17.2 Å². The summed E-state index contributed by atoms with van der Waals surface area (Å²) in [7, 11) is 0. The Kier molecular flexibility index (Phi) is 8.76. The molecule has 180 valence electrons. The average molecular weight is 462 g/mol. The molecule has 0 aromatic heterocycles. The predicted octanol–water partition coefficient (Wildman–Crippen LogP) is 5.31. The number of rotatable bonds is 12. The van der Waals surface area contributed by atoms with E-state index in [4.69, 9.17) is 20.6 Å². The van der Waals surface area contributed by atoms with Gasteiger partial charge in [-0.3, -0.25) is 5.41 Å². The molecule has 0 aliphatic rings. The zero-order chi connectivity index (χ0) is 24.5. The van der Waals surface area contributed by atoms with Gasteiger partial charge in [-0.25, -0.2) is 5.43 Å². The monoisotopic (exact) mass is 461 g/mol. The zero-order valence-corrected chi connectivity index (χ0v) is 20.3. The van der Waals surface area contributed by atoms with Crippen LogP contribution in [0.25, 0.3) is 0 Å². The number of amidine groups is 1. The Bertz CT molecular complexity index is 1050. The molecular weight excluding hydrogens is 426 g/mol. The summed E-state index contributed by atoms with van der Waals surface area (Å²) in [5, 5.41) is 11.2. The number of ether oxygens (including phenoxy) is 2. The SMILES string of the molecule is CC(C)Oc1ccc(C(CNNc2ccccc2)Nc2ccc(C(=N)N)cc2)cc1OC(C)C. The highest BCUT2D eigenvalue weighted by Gasteiger charge is 2.17. The number of para-hydroxylation sites is 1. The molecule has 0 saturated heterocycles. The van der Waals surface area contributed by atoms with E-state index in [1.807, 2.05) is 94.4 Å². The van der Waals surface area contributed by atoms with Crippen LogP contribution >= 0.6 is 0 Å². The minimum absolute atomic E-state index is 0.0215. The van der Waals surface area contributed by atoms with Crippen molar-refractivity contribution in [1.29, 1.82) is 5.41 Å². The van der Waals surface area contributed by atoms with Crippen LogP contribution in [-0.4, -0.2) is 24.6 Å². The number of nitrogens with one attached hydrogen (secondary N) is 4.